The van der Waals surface area contributed by atoms with Crippen LogP contribution in [0.15, 0.2) is 18.2 Å². The Morgan fingerprint density at radius 1 is 1.21 bits per heavy atom. The molecule has 104 valence electrons. The smallest absolute Gasteiger partial charge is 0.164 e. The summed E-state index contributed by atoms with van der Waals surface area (Å²) in [5.41, 5.74) is 3.20. The topological polar surface area (TPSA) is 29.1 Å². The maximum Gasteiger partial charge on any atom is 0.164 e. The van der Waals surface area contributed by atoms with Crippen LogP contribution in [-0.2, 0) is 0 Å². The molecule has 0 bridgehead atoms. The van der Waals surface area contributed by atoms with Gasteiger partial charge < -0.3 is 5.32 Å². The lowest BCUT2D eigenvalue weighted by atomic mass is 9.95. The highest BCUT2D eigenvalue weighted by molar-refractivity contribution is 5.97. The number of nitrogens with one attached hydrogen (secondary N) is 1. The maximum absolute atomic E-state index is 12.2. The summed E-state index contributed by atoms with van der Waals surface area (Å²) in [7, 11) is 0. The monoisotopic (exact) mass is 259 g/mol. The Morgan fingerprint density at radius 2 is 1.95 bits per heavy atom. The second kappa shape index (κ2) is 6.85. The molecule has 2 nitrogen and oxygen atoms in total. The largest absolute Gasteiger partial charge is 0.314 e. The molecule has 2 rings (SSSR count). The van der Waals surface area contributed by atoms with Gasteiger partial charge in [0, 0.05) is 24.6 Å². The maximum atomic E-state index is 12.2. The molecule has 0 amide bonds. The Kier molecular flexibility index (Phi) is 5.15. The van der Waals surface area contributed by atoms with Crippen molar-refractivity contribution in [2.75, 3.05) is 6.54 Å². The summed E-state index contributed by atoms with van der Waals surface area (Å²) in [6, 6.07) is 6.71. The lowest BCUT2D eigenvalue weighted by molar-refractivity contribution is 0.0980. The van der Waals surface area contributed by atoms with E-state index in [1.165, 1.54) is 37.7 Å². The number of benzene rings is 1. The third-order valence-electron chi connectivity index (χ3n) is 4.07. The van der Waals surface area contributed by atoms with Gasteiger partial charge in [-0.15, -0.1) is 0 Å². The molecule has 0 spiro atoms. The zero-order chi connectivity index (χ0) is 13.7. The molecule has 0 aliphatic heterocycles. The molecule has 0 aromatic heterocycles. The van der Waals surface area contributed by atoms with Gasteiger partial charge in [-0.1, -0.05) is 43.0 Å². The third-order valence-corrected chi connectivity index (χ3v) is 4.07. The number of ketones is 1. The normalized spacial score (nSPS) is 16.5. The predicted molar refractivity (Wildman–Crippen MR) is 79.7 cm³/mol. The van der Waals surface area contributed by atoms with E-state index in [2.05, 4.69) is 18.3 Å². The second-order valence-electron chi connectivity index (χ2n) is 5.78. The fourth-order valence-electron chi connectivity index (χ4n) is 2.96. The number of aryl methyl sites for hydroxylation is 2. The number of carbonyl (C=O) groups is 1. The van der Waals surface area contributed by atoms with Crippen molar-refractivity contribution in [3.63, 3.8) is 0 Å². The first kappa shape index (κ1) is 14.3. The summed E-state index contributed by atoms with van der Waals surface area (Å²) in [4.78, 5) is 12.2. The molecule has 1 N–H and O–H groups in total. The quantitative estimate of drug-likeness (QED) is 0.815. The van der Waals surface area contributed by atoms with E-state index < -0.39 is 0 Å². The molecule has 1 aromatic rings. The molecular formula is C17H25NO. The van der Waals surface area contributed by atoms with Crippen LogP contribution in [0.4, 0.5) is 0 Å². The standard InChI is InChI=1S/C17H25NO/c1-13-8-9-16(14(2)12-13)17(19)10-11-18-15-6-4-3-5-7-15/h8-9,12,15,18H,3-7,10-11H2,1-2H3. The van der Waals surface area contributed by atoms with E-state index in [1.807, 2.05) is 19.1 Å². The van der Waals surface area contributed by atoms with Crippen LogP contribution in [0.5, 0.6) is 0 Å². The molecule has 0 heterocycles. The molecule has 0 atom stereocenters. The fourth-order valence-corrected chi connectivity index (χ4v) is 2.96. The van der Waals surface area contributed by atoms with E-state index in [0.717, 1.165) is 17.7 Å². The van der Waals surface area contributed by atoms with Crippen molar-refractivity contribution in [3.05, 3.63) is 34.9 Å². The number of hydrogen-bond acceptors (Lipinski definition) is 2. The first-order chi connectivity index (χ1) is 9.16. The Morgan fingerprint density at radius 3 is 2.63 bits per heavy atom. The summed E-state index contributed by atoms with van der Waals surface area (Å²) in [6.45, 7) is 4.90. The van der Waals surface area contributed by atoms with Gasteiger partial charge in [0.1, 0.15) is 0 Å². The molecule has 1 aliphatic rings. The fraction of sp³-hybridized carbons (Fsp3) is 0.588. The first-order valence-corrected chi connectivity index (χ1v) is 7.50. The van der Waals surface area contributed by atoms with Crippen molar-refractivity contribution in [2.24, 2.45) is 0 Å². The Hall–Kier alpha value is -1.15. The summed E-state index contributed by atoms with van der Waals surface area (Å²) < 4.78 is 0. The number of carbonyl (C=O) groups excluding carboxylic acids is 1. The highest BCUT2D eigenvalue weighted by atomic mass is 16.1. The van der Waals surface area contributed by atoms with Crippen molar-refractivity contribution < 1.29 is 4.79 Å². The Bertz CT molecular complexity index is 433. The van der Waals surface area contributed by atoms with Crippen LogP contribution in [0.25, 0.3) is 0 Å². The molecule has 0 radical (unpaired) electrons. The summed E-state index contributed by atoms with van der Waals surface area (Å²) >= 11 is 0. The van der Waals surface area contributed by atoms with Crippen molar-refractivity contribution in [2.45, 2.75) is 58.4 Å². The second-order valence-corrected chi connectivity index (χ2v) is 5.78. The van der Waals surface area contributed by atoms with E-state index >= 15 is 0 Å². The molecule has 1 aromatic carbocycles. The van der Waals surface area contributed by atoms with E-state index in [4.69, 9.17) is 0 Å². The molecule has 2 heteroatoms. The van der Waals surface area contributed by atoms with Gasteiger partial charge in [0.15, 0.2) is 5.78 Å². The zero-order valence-electron chi connectivity index (χ0n) is 12.2. The van der Waals surface area contributed by atoms with Gasteiger partial charge in [-0.05, 0) is 32.3 Å². The van der Waals surface area contributed by atoms with Crippen LogP contribution < -0.4 is 5.32 Å². The van der Waals surface area contributed by atoms with Crippen LogP contribution in [0.3, 0.4) is 0 Å². The van der Waals surface area contributed by atoms with Crippen molar-refractivity contribution in [3.8, 4) is 0 Å². The van der Waals surface area contributed by atoms with Gasteiger partial charge in [0.05, 0.1) is 0 Å². The number of Topliss-reactive ketones (excluding diaryl/α,β-unsaturated/α-hetero) is 1. The van der Waals surface area contributed by atoms with Crippen LogP contribution in [0, 0.1) is 13.8 Å². The lowest BCUT2D eigenvalue weighted by Crippen LogP contribution is -2.32. The lowest BCUT2D eigenvalue weighted by Gasteiger charge is -2.22. The molecular weight excluding hydrogens is 234 g/mol. The molecule has 0 saturated heterocycles. The minimum atomic E-state index is 0.265. The van der Waals surface area contributed by atoms with Gasteiger partial charge in [0.2, 0.25) is 0 Å². The van der Waals surface area contributed by atoms with Crippen molar-refractivity contribution in [1.82, 2.24) is 5.32 Å². The number of rotatable bonds is 5. The third kappa shape index (κ3) is 4.17. The Balaban J connectivity index is 1.80. The van der Waals surface area contributed by atoms with Gasteiger partial charge >= 0.3 is 0 Å². The van der Waals surface area contributed by atoms with Gasteiger partial charge in [-0.3, -0.25) is 4.79 Å². The van der Waals surface area contributed by atoms with Crippen molar-refractivity contribution in [1.29, 1.82) is 0 Å². The summed E-state index contributed by atoms with van der Waals surface area (Å²) in [5.74, 6) is 0.265. The zero-order valence-corrected chi connectivity index (χ0v) is 12.2. The molecule has 0 unspecified atom stereocenters. The highest BCUT2D eigenvalue weighted by Crippen LogP contribution is 2.17. The minimum Gasteiger partial charge on any atom is -0.314 e. The summed E-state index contributed by atoms with van der Waals surface area (Å²) in [5, 5.41) is 3.53. The van der Waals surface area contributed by atoms with Crippen LogP contribution in [0.2, 0.25) is 0 Å². The van der Waals surface area contributed by atoms with Crippen LogP contribution in [-0.4, -0.2) is 18.4 Å². The first-order valence-electron chi connectivity index (χ1n) is 7.50. The molecule has 19 heavy (non-hydrogen) atoms. The highest BCUT2D eigenvalue weighted by Gasteiger charge is 2.14. The van der Waals surface area contributed by atoms with Gasteiger partial charge in [-0.2, -0.15) is 0 Å². The van der Waals surface area contributed by atoms with Crippen LogP contribution in [0.1, 0.15) is 60.0 Å². The van der Waals surface area contributed by atoms with Gasteiger partial charge in [-0.25, -0.2) is 0 Å². The number of hydrogen-bond donors (Lipinski definition) is 1. The SMILES string of the molecule is Cc1ccc(C(=O)CCNC2CCCCC2)c(C)c1. The van der Waals surface area contributed by atoms with E-state index in [0.29, 0.717) is 12.5 Å². The summed E-state index contributed by atoms with van der Waals surface area (Å²) in [6.07, 6.45) is 7.21. The minimum absolute atomic E-state index is 0.265. The molecule has 1 fully saturated rings. The van der Waals surface area contributed by atoms with E-state index in [-0.39, 0.29) is 5.78 Å². The Labute approximate surface area is 116 Å². The van der Waals surface area contributed by atoms with E-state index in [1.54, 1.807) is 0 Å². The average molecular weight is 259 g/mol. The van der Waals surface area contributed by atoms with Crippen LogP contribution >= 0.6 is 0 Å². The molecule has 1 aliphatic carbocycles. The predicted octanol–water partition coefficient (Wildman–Crippen LogP) is 3.80. The van der Waals surface area contributed by atoms with E-state index in [9.17, 15) is 4.79 Å². The molecule has 1 saturated carbocycles. The van der Waals surface area contributed by atoms with Crippen molar-refractivity contribution >= 4 is 5.78 Å². The average Bonchev–Trinajstić information content (AvgIpc) is 2.39. The van der Waals surface area contributed by atoms with Gasteiger partial charge in [0.25, 0.3) is 0 Å².